The third kappa shape index (κ3) is 2.00. The van der Waals surface area contributed by atoms with Gasteiger partial charge in [-0.2, -0.15) is 0 Å². The van der Waals surface area contributed by atoms with Crippen molar-refractivity contribution in [1.29, 1.82) is 0 Å². The largest absolute Gasteiger partial charge is 0.102 e. The van der Waals surface area contributed by atoms with E-state index in [-0.39, 0.29) is 5.41 Å². The van der Waals surface area contributed by atoms with Gasteiger partial charge in [0.25, 0.3) is 0 Å². The van der Waals surface area contributed by atoms with Crippen molar-refractivity contribution in [2.45, 2.75) is 32.6 Å². The zero-order chi connectivity index (χ0) is 9.90. The molecule has 0 unspecified atom stereocenters. The molecule has 0 saturated carbocycles. The molecule has 0 aliphatic heterocycles. The third-order valence-electron chi connectivity index (χ3n) is 2.90. The second-order valence-electron chi connectivity index (χ2n) is 3.84. The SMILES string of the molecule is C=C[C@](C)(CC)c1ccc(C)cc1. The smallest absolute Gasteiger partial charge is 0.00983 e. The molecule has 1 rings (SSSR count). The zero-order valence-electron chi connectivity index (χ0n) is 8.80. The first kappa shape index (κ1) is 10.0. The van der Waals surface area contributed by atoms with Gasteiger partial charge in [0.1, 0.15) is 0 Å². The molecule has 0 nitrogen and oxygen atoms in total. The topological polar surface area (TPSA) is 0 Å². The molecule has 0 saturated heterocycles. The molecule has 0 spiro atoms. The first-order valence-corrected chi connectivity index (χ1v) is 4.83. The van der Waals surface area contributed by atoms with E-state index in [2.05, 4.69) is 51.6 Å². The third-order valence-corrected chi connectivity index (χ3v) is 2.90. The molecule has 0 N–H and O–H groups in total. The molecule has 0 fully saturated rings. The summed E-state index contributed by atoms with van der Waals surface area (Å²) in [5, 5.41) is 0. The van der Waals surface area contributed by atoms with Crippen molar-refractivity contribution < 1.29 is 0 Å². The van der Waals surface area contributed by atoms with Crippen LogP contribution in [-0.2, 0) is 5.41 Å². The molecule has 1 atom stereocenters. The number of aryl methyl sites for hydroxylation is 1. The number of hydrogen-bond acceptors (Lipinski definition) is 0. The van der Waals surface area contributed by atoms with Gasteiger partial charge in [-0.3, -0.25) is 0 Å². The Labute approximate surface area is 81.3 Å². The second-order valence-corrected chi connectivity index (χ2v) is 3.84. The minimum absolute atomic E-state index is 0.133. The molecule has 0 aromatic heterocycles. The van der Waals surface area contributed by atoms with Crippen LogP contribution in [0.3, 0.4) is 0 Å². The number of allylic oxidation sites excluding steroid dienone is 1. The Hall–Kier alpha value is -1.04. The lowest BCUT2D eigenvalue weighted by molar-refractivity contribution is 0.574. The van der Waals surface area contributed by atoms with Gasteiger partial charge in [-0.05, 0) is 18.9 Å². The van der Waals surface area contributed by atoms with E-state index in [9.17, 15) is 0 Å². The average Bonchev–Trinajstić information content (AvgIpc) is 2.18. The quantitative estimate of drug-likeness (QED) is 0.611. The second kappa shape index (κ2) is 3.78. The number of benzene rings is 1. The molecule has 0 radical (unpaired) electrons. The first-order valence-electron chi connectivity index (χ1n) is 4.83. The Balaban J connectivity index is 3.06. The lowest BCUT2D eigenvalue weighted by atomic mass is 9.80. The van der Waals surface area contributed by atoms with Crippen molar-refractivity contribution in [2.75, 3.05) is 0 Å². The zero-order valence-corrected chi connectivity index (χ0v) is 8.80. The van der Waals surface area contributed by atoms with Crippen molar-refractivity contribution >= 4 is 0 Å². The summed E-state index contributed by atoms with van der Waals surface area (Å²) in [5.74, 6) is 0. The van der Waals surface area contributed by atoms with E-state index in [1.165, 1.54) is 11.1 Å². The molecule has 1 aromatic carbocycles. The van der Waals surface area contributed by atoms with E-state index in [0.29, 0.717) is 0 Å². The van der Waals surface area contributed by atoms with Crippen molar-refractivity contribution in [3.05, 3.63) is 48.0 Å². The fourth-order valence-electron chi connectivity index (χ4n) is 1.40. The van der Waals surface area contributed by atoms with Crippen LogP contribution in [0.5, 0.6) is 0 Å². The van der Waals surface area contributed by atoms with Crippen LogP contribution < -0.4 is 0 Å². The first-order chi connectivity index (χ1) is 6.12. The highest BCUT2D eigenvalue weighted by molar-refractivity contribution is 5.31. The standard InChI is InChI=1S/C13H18/c1-5-13(4,6-2)12-9-7-11(3)8-10-12/h5,7-10H,1,6H2,2-4H3/t13-/m1/s1. The van der Waals surface area contributed by atoms with Crippen molar-refractivity contribution in [2.24, 2.45) is 0 Å². The van der Waals surface area contributed by atoms with Crippen molar-refractivity contribution in [3.8, 4) is 0 Å². The highest BCUT2D eigenvalue weighted by atomic mass is 14.2. The Bertz CT molecular complexity index is 281. The van der Waals surface area contributed by atoms with Gasteiger partial charge in [-0.15, -0.1) is 6.58 Å². The molecule has 0 heteroatoms. The average molecular weight is 174 g/mol. The van der Waals surface area contributed by atoms with Crippen LogP contribution >= 0.6 is 0 Å². The minimum Gasteiger partial charge on any atom is -0.102 e. The van der Waals surface area contributed by atoms with E-state index in [0.717, 1.165) is 6.42 Å². The maximum atomic E-state index is 3.90. The van der Waals surface area contributed by atoms with Gasteiger partial charge in [0.05, 0.1) is 0 Å². The molecule has 1 aromatic rings. The van der Waals surface area contributed by atoms with E-state index in [1.807, 2.05) is 6.08 Å². The van der Waals surface area contributed by atoms with E-state index in [4.69, 9.17) is 0 Å². The molecule has 0 aliphatic carbocycles. The summed E-state index contributed by atoms with van der Waals surface area (Å²) in [6.07, 6.45) is 3.14. The van der Waals surface area contributed by atoms with E-state index >= 15 is 0 Å². The lowest BCUT2D eigenvalue weighted by Gasteiger charge is -2.24. The van der Waals surface area contributed by atoms with Gasteiger partial charge in [-0.25, -0.2) is 0 Å². The number of hydrogen-bond donors (Lipinski definition) is 0. The van der Waals surface area contributed by atoms with Crippen molar-refractivity contribution in [1.82, 2.24) is 0 Å². The summed E-state index contributed by atoms with van der Waals surface area (Å²) >= 11 is 0. The summed E-state index contributed by atoms with van der Waals surface area (Å²) in [6.45, 7) is 10.4. The molecule has 0 aliphatic rings. The Morgan fingerprint density at radius 2 is 1.85 bits per heavy atom. The fraction of sp³-hybridized carbons (Fsp3) is 0.385. The van der Waals surface area contributed by atoms with Gasteiger partial charge < -0.3 is 0 Å². The number of rotatable bonds is 3. The molecular weight excluding hydrogens is 156 g/mol. The van der Waals surface area contributed by atoms with Gasteiger partial charge in [0, 0.05) is 5.41 Å². The molecular formula is C13H18. The van der Waals surface area contributed by atoms with Crippen LogP contribution in [0.25, 0.3) is 0 Å². The van der Waals surface area contributed by atoms with Crippen LogP contribution in [0.1, 0.15) is 31.4 Å². The summed E-state index contributed by atoms with van der Waals surface area (Å²) in [7, 11) is 0. The van der Waals surface area contributed by atoms with Crippen LogP contribution in [0.2, 0.25) is 0 Å². The summed E-state index contributed by atoms with van der Waals surface area (Å²) in [6, 6.07) is 8.71. The lowest BCUT2D eigenvalue weighted by Crippen LogP contribution is -2.16. The van der Waals surface area contributed by atoms with Gasteiger partial charge in [0.2, 0.25) is 0 Å². The molecule has 70 valence electrons. The summed E-state index contributed by atoms with van der Waals surface area (Å²) in [5.41, 5.74) is 2.80. The predicted molar refractivity (Wildman–Crippen MR) is 59.0 cm³/mol. The highest BCUT2D eigenvalue weighted by Gasteiger charge is 2.19. The normalized spacial score (nSPS) is 15.0. The molecule has 13 heavy (non-hydrogen) atoms. The minimum atomic E-state index is 0.133. The summed E-state index contributed by atoms with van der Waals surface area (Å²) in [4.78, 5) is 0. The van der Waals surface area contributed by atoms with Crippen LogP contribution in [0.4, 0.5) is 0 Å². The Kier molecular flexibility index (Phi) is 2.92. The fourth-order valence-corrected chi connectivity index (χ4v) is 1.40. The Morgan fingerprint density at radius 3 is 2.23 bits per heavy atom. The van der Waals surface area contributed by atoms with Gasteiger partial charge in [-0.1, -0.05) is 49.8 Å². The maximum Gasteiger partial charge on any atom is 0.00983 e. The monoisotopic (exact) mass is 174 g/mol. The van der Waals surface area contributed by atoms with Gasteiger partial charge in [0.15, 0.2) is 0 Å². The predicted octanol–water partition coefficient (Wildman–Crippen LogP) is 3.85. The Morgan fingerprint density at radius 1 is 1.31 bits per heavy atom. The van der Waals surface area contributed by atoms with Crippen LogP contribution in [0, 0.1) is 6.92 Å². The molecule has 0 bridgehead atoms. The molecule has 0 heterocycles. The van der Waals surface area contributed by atoms with Crippen molar-refractivity contribution in [3.63, 3.8) is 0 Å². The van der Waals surface area contributed by atoms with Gasteiger partial charge >= 0.3 is 0 Å². The van der Waals surface area contributed by atoms with E-state index in [1.54, 1.807) is 0 Å². The molecule has 0 amide bonds. The van der Waals surface area contributed by atoms with Crippen LogP contribution in [-0.4, -0.2) is 0 Å². The van der Waals surface area contributed by atoms with E-state index < -0.39 is 0 Å². The highest BCUT2D eigenvalue weighted by Crippen LogP contribution is 2.28. The van der Waals surface area contributed by atoms with Crippen LogP contribution in [0.15, 0.2) is 36.9 Å². The maximum absolute atomic E-state index is 3.90. The summed E-state index contributed by atoms with van der Waals surface area (Å²) < 4.78 is 0.